The highest BCUT2D eigenvalue weighted by Crippen LogP contribution is 2.41. The summed E-state index contributed by atoms with van der Waals surface area (Å²) >= 11 is 3.67. The third kappa shape index (κ3) is 3.31. The first-order chi connectivity index (χ1) is 9.26. The highest BCUT2D eigenvalue weighted by Gasteiger charge is 2.34. The minimum Gasteiger partial charge on any atom is -0.358 e. The predicted molar refractivity (Wildman–Crippen MR) is 84.0 cm³/mol. The van der Waals surface area contributed by atoms with Crippen LogP contribution in [0.4, 0.5) is 0 Å². The maximum Gasteiger partial charge on any atom is 0.156 e. The van der Waals surface area contributed by atoms with Crippen LogP contribution in [0.2, 0.25) is 0 Å². The second-order valence-corrected chi connectivity index (χ2v) is 7.97. The van der Waals surface area contributed by atoms with E-state index >= 15 is 0 Å². The summed E-state index contributed by atoms with van der Waals surface area (Å²) in [5, 5.41) is 5.70. The second-order valence-electron chi connectivity index (χ2n) is 5.69. The fourth-order valence-corrected chi connectivity index (χ4v) is 4.78. The van der Waals surface area contributed by atoms with Crippen molar-refractivity contribution in [1.82, 2.24) is 10.3 Å². The Labute approximate surface area is 123 Å². The van der Waals surface area contributed by atoms with E-state index in [1.165, 1.54) is 42.7 Å². The third-order valence-corrected chi connectivity index (χ3v) is 6.26. The Hall–Kier alpha value is -0.550. The molecule has 1 aromatic rings. The normalized spacial score (nSPS) is 22.3. The van der Waals surface area contributed by atoms with Crippen LogP contribution in [0.3, 0.4) is 0 Å². The molecule has 5 heteroatoms. The number of nitrogens with zero attached hydrogens (tertiary/aromatic N) is 2. The molecule has 0 radical (unpaired) electrons. The molecular weight excluding hydrogens is 274 g/mol. The monoisotopic (exact) mass is 295 g/mol. The molecule has 19 heavy (non-hydrogen) atoms. The van der Waals surface area contributed by atoms with E-state index in [0.29, 0.717) is 5.41 Å². The van der Waals surface area contributed by atoms with Crippen molar-refractivity contribution in [3.63, 3.8) is 0 Å². The van der Waals surface area contributed by atoms with E-state index in [2.05, 4.69) is 17.2 Å². The van der Waals surface area contributed by atoms with Crippen molar-refractivity contribution >= 4 is 28.3 Å². The van der Waals surface area contributed by atoms with E-state index in [-0.39, 0.29) is 0 Å². The van der Waals surface area contributed by atoms with Gasteiger partial charge in [-0.25, -0.2) is 4.98 Å². The smallest absolute Gasteiger partial charge is 0.156 e. The summed E-state index contributed by atoms with van der Waals surface area (Å²) in [6.45, 7) is 3.94. The van der Waals surface area contributed by atoms with Crippen molar-refractivity contribution in [2.45, 2.75) is 45.6 Å². The van der Waals surface area contributed by atoms with Gasteiger partial charge in [0.25, 0.3) is 0 Å². The lowest BCUT2D eigenvalue weighted by molar-refractivity contribution is 0.232. The van der Waals surface area contributed by atoms with Gasteiger partial charge in [0.05, 0.1) is 6.54 Å². The molecule has 2 heterocycles. The quantitative estimate of drug-likeness (QED) is 0.906. The average Bonchev–Trinajstić information content (AvgIpc) is 2.85. The van der Waals surface area contributed by atoms with Crippen molar-refractivity contribution in [3.05, 3.63) is 16.1 Å². The zero-order valence-corrected chi connectivity index (χ0v) is 13.1. The highest BCUT2D eigenvalue weighted by atomic mass is 32.2. The Balaban J connectivity index is 1.53. The Morgan fingerprint density at radius 1 is 1.32 bits per heavy atom. The molecule has 1 aromatic heterocycles. The molecule has 0 bridgehead atoms. The first-order valence-electron chi connectivity index (χ1n) is 7.08. The standard InChI is InChI=1S/C14H21N3S2/c1-11-7-15-12(19-11)8-16-13-17-9-14(10-18-13)5-3-2-4-6-14/h7H,2-6,8-10H2,1H3,(H,16,17). The largest absolute Gasteiger partial charge is 0.358 e. The van der Waals surface area contributed by atoms with Crippen LogP contribution >= 0.6 is 23.1 Å². The summed E-state index contributed by atoms with van der Waals surface area (Å²) in [5.41, 5.74) is 0.520. The Morgan fingerprint density at radius 2 is 2.16 bits per heavy atom. The number of thiazole rings is 1. The zero-order chi connectivity index (χ0) is 13.1. The fraction of sp³-hybridized carbons (Fsp3) is 0.714. The van der Waals surface area contributed by atoms with Crippen molar-refractivity contribution < 1.29 is 0 Å². The molecule has 3 nitrogen and oxygen atoms in total. The van der Waals surface area contributed by atoms with E-state index in [1.54, 1.807) is 11.3 Å². The van der Waals surface area contributed by atoms with Crippen molar-refractivity contribution in [1.29, 1.82) is 0 Å². The van der Waals surface area contributed by atoms with Crippen LogP contribution in [0.15, 0.2) is 11.2 Å². The molecule has 104 valence electrons. The lowest BCUT2D eigenvalue weighted by atomic mass is 9.75. The maximum atomic E-state index is 4.77. The van der Waals surface area contributed by atoms with Gasteiger partial charge in [-0.3, -0.25) is 4.99 Å². The molecule has 0 unspecified atom stereocenters. The lowest BCUT2D eigenvalue weighted by Crippen LogP contribution is -2.36. The first-order valence-corrected chi connectivity index (χ1v) is 8.88. The van der Waals surface area contributed by atoms with E-state index in [9.17, 15) is 0 Å². The summed E-state index contributed by atoms with van der Waals surface area (Å²) in [4.78, 5) is 10.4. The SMILES string of the molecule is Cc1cnc(CNC2=NCC3(CCCCC3)CS2)s1. The van der Waals surface area contributed by atoms with Gasteiger partial charge in [-0.2, -0.15) is 0 Å². The number of thioether (sulfide) groups is 1. The van der Waals surface area contributed by atoms with Crippen molar-refractivity contribution in [3.8, 4) is 0 Å². The summed E-state index contributed by atoms with van der Waals surface area (Å²) in [6.07, 6.45) is 8.92. The van der Waals surface area contributed by atoms with Crippen molar-refractivity contribution in [2.24, 2.45) is 10.4 Å². The van der Waals surface area contributed by atoms with Gasteiger partial charge in [0.2, 0.25) is 0 Å². The Kier molecular flexibility index (Phi) is 4.12. The van der Waals surface area contributed by atoms with Gasteiger partial charge >= 0.3 is 0 Å². The van der Waals surface area contributed by atoms with E-state index < -0.39 is 0 Å². The van der Waals surface area contributed by atoms with E-state index in [0.717, 1.165) is 23.3 Å². The highest BCUT2D eigenvalue weighted by molar-refractivity contribution is 8.13. The van der Waals surface area contributed by atoms with Crippen LogP contribution in [0.5, 0.6) is 0 Å². The first kappa shape index (κ1) is 13.4. The van der Waals surface area contributed by atoms with Crippen LogP contribution in [0.1, 0.15) is 42.0 Å². The van der Waals surface area contributed by atoms with Crippen LogP contribution in [-0.4, -0.2) is 22.4 Å². The number of aliphatic imine (C=N–C) groups is 1. The topological polar surface area (TPSA) is 37.3 Å². The molecule has 1 aliphatic heterocycles. The van der Waals surface area contributed by atoms with Gasteiger partial charge in [-0.1, -0.05) is 31.0 Å². The van der Waals surface area contributed by atoms with Gasteiger partial charge in [-0.05, 0) is 25.2 Å². The molecule has 1 fully saturated rings. The number of nitrogens with one attached hydrogen (secondary N) is 1. The van der Waals surface area contributed by atoms with Crippen LogP contribution < -0.4 is 5.32 Å². The molecule has 1 spiro atoms. The molecule has 0 aromatic carbocycles. The van der Waals surface area contributed by atoms with Gasteiger partial charge in [0.15, 0.2) is 5.17 Å². The van der Waals surface area contributed by atoms with Crippen LogP contribution in [0.25, 0.3) is 0 Å². The van der Waals surface area contributed by atoms with Crippen LogP contribution in [0, 0.1) is 12.3 Å². The molecule has 0 atom stereocenters. The fourth-order valence-electron chi connectivity index (χ4n) is 2.90. The summed E-state index contributed by atoms with van der Waals surface area (Å²) in [6, 6.07) is 0. The lowest BCUT2D eigenvalue weighted by Gasteiger charge is -2.38. The predicted octanol–water partition coefficient (Wildman–Crippen LogP) is 3.59. The second kappa shape index (κ2) is 5.83. The Morgan fingerprint density at radius 3 is 2.79 bits per heavy atom. The summed E-state index contributed by atoms with van der Waals surface area (Å²) in [7, 11) is 0. The average molecular weight is 295 g/mol. The molecule has 2 aliphatic rings. The molecule has 1 N–H and O–H groups in total. The number of hydrogen-bond donors (Lipinski definition) is 1. The zero-order valence-electron chi connectivity index (χ0n) is 11.4. The summed E-state index contributed by atoms with van der Waals surface area (Å²) < 4.78 is 0. The van der Waals surface area contributed by atoms with Crippen molar-refractivity contribution in [2.75, 3.05) is 12.3 Å². The van der Waals surface area contributed by atoms with Gasteiger partial charge in [-0.15, -0.1) is 11.3 Å². The summed E-state index contributed by atoms with van der Waals surface area (Å²) in [5.74, 6) is 1.25. The van der Waals surface area contributed by atoms with Gasteiger partial charge in [0.1, 0.15) is 5.01 Å². The Bertz CT molecular complexity index is 461. The third-order valence-electron chi connectivity index (χ3n) is 4.05. The van der Waals surface area contributed by atoms with Crippen LogP contribution in [-0.2, 0) is 6.54 Å². The van der Waals surface area contributed by atoms with E-state index in [1.807, 2.05) is 18.0 Å². The number of aryl methyl sites for hydroxylation is 1. The molecule has 3 rings (SSSR count). The number of rotatable bonds is 2. The van der Waals surface area contributed by atoms with Gasteiger partial charge < -0.3 is 5.32 Å². The minimum atomic E-state index is 0.520. The molecule has 0 amide bonds. The number of hydrogen-bond acceptors (Lipinski definition) is 5. The minimum absolute atomic E-state index is 0.520. The van der Waals surface area contributed by atoms with E-state index in [4.69, 9.17) is 4.99 Å². The number of aromatic nitrogens is 1. The number of amidine groups is 1. The molecule has 0 saturated heterocycles. The molecule has 1 saturated carbocycles. The molecular formula is C14H21N3S2. The molecule has 1 aliphatic carbocycles. The van der Waals surface area contributed by atoms with Gasteiger partial charge in [0, 0.05) is 23.4 Å². The maximum absolute atomic E-state index is 4.77.